The molecule has 278 valence electrons. The lowest BCUT2D eigenvalue weighted by Gasteiger charge is -2.39. The van der Waals surface area contributed by atoms with E-state index in [0.29, 0.717) is 5.82 Å². The molecular formula is C56H38N2O. The molecule has 9 aromatic rings. The van der Waals surface area contributed by atoms with E-state index < -0.39 is 5.41 Å². The molecule has 0 atom stereocenters. The Morgan fingerprint density at radius 2 is 0.847 bits per heavy atom. The smallest absolute Gasteiger partial charge is 0.160 e. The predicted octanol–water partition coefficient (Wildman–Crippen LogP) is 13.9. The number of hydrogen-bond donors (Lipinski definition) is 0. The lowest BCUT2D eigenvalue weighted by atomic mass is 9.66. The Hall–Kier alpha value is -7.36. The van der Waals surface area contributed by atoms with Gasteiger partial charge >= 0.3 is 0 Å². The van der Waals surface area contributed by atoms with Gasteiger partial charge in [0.05, 0.1) is 16.8 Å². The number of rotatable bonds is 4. The van der Waals surface area contributed by atoms with Gasteiger partial charge in [-0.3, -0.25) is 0 Å². The van der Waals surface area contributed by atoms with Crippen LogP contribution in [0, 0.1) is 0 Å². The van der Waals surface area contributed by atoms with Crippen LogP contribution in [0.2, 0.25) is 0 Å². The molecule has 59 heavy (non-hydrogen) atoms. The van der Waals surface area contributed by atoms with Crippen molar-refractivity contribution in [1.82, 2.24) is 9.97 Å². The van der Waals surface area contributed by atoms with Crippen molar-refractivity contribution in [3.8, 4) is 78.8 Å². The van der Waals surface area contributed by atoms with E-state index in [9.17, 15) is 0 Å². The van der Waals surface area contributed by atoms with Crippen LogP contribution in [0.25, 0.3) is 67.3 Å². The summed E-state index contributed by atoms with van der Waals surface area (Å²) in [5, 5.41) is 0. The van der Waals surface area contributed by atoms with Gasteiger partial charge in [0.1, 0.15) is 11.5 Å². The van der Waals surface area contributed by atoms with Crippen LogP contribution in [-0.4, -0.2) is 9.97 Å². The molecular weight excluding hydrogens is 717 g/mol. The quantitative estimate of drug-likeness (QED) is 0.179. The largest absolute Gasteiger partial charge is 0.457 e. The molecule has 1 aromatic heterocycles. The normalized spacial score (nSPS) is 14.3. The minimum Gasteiger partial charge on any atom is -0.457 e. The van der Waals surface area contributed by atoms with E-state index in [0.717, 1.165) is 56.3 Å². The molecule has 3 aliphatic rings. The van der Waals surface area contributed by atoms with Crippen LogP contribution in [0.3, 0.4) is 0 Å². The lowest BCUT2D eigenvalue weighted by molar-refractivity contribution is 0.436. The molecule has 1 aliphatic heterocycles. The lowest BCUT2D eigenvalue weighted by Crippen LogP contribution is -2.32. The Morgan fingerprint density at radius 1 is 0.339 bits per heavy atom. The number of benzene rings is 8. The fourth-order valence-corrected chi connectivity index (χ4v) is 10.2. The van der Waals surface area contributed by atoms with Crippen LogP contribution in [0.1, 0.15) is 47.2 Å². The SMILES string of the molecule is CC1(C)c2ccccc2-c2ccc(-c3cc(-c4ccccc4)nc(-c4ccc(-c5ccc6c(c5)Oc5ccccc5C65c6ccccc6-c6ccccc65)cc4)n3)cc21. The summed E-state index contributed by atoms with van der Waals surface area (Å²) in [6.07, 6.45) is 0. The number of fused-ring (bicyclic) bond motifs is 12. The highest BCUT2D eigenvalue weighted by Gasteiger charge is 2.51. The average Bonchev–Trinajstić information content (AvgIpc) is 3.72. The first kappa shape index (κ1) is 33.7. The Kier molecular flexibility index (Phi) is 7.19. The molecule has 0 bridgehead atoms. The number of nitrogens with zero attached hydrogens (tertiary/aromatic N) is 2. The molecule has 3 heteroatoms. The summed E-state index contributed by atoms with van der Waals surface area (Å²) in [4.78, 5) is 10.4. The molecule has 0 saturated heterocycles. The molecule has 0 fully saturated rings. The maximum absolute atomic E-state index is 6.80. The van der Waals surface area contributed by atoms with E-state index >= 15 is 0 Å². The van der Waals surface area contributed by atoms with Crippen molar-refractivity contribution in [2.45, 2.75) is 24.7 Å². The first-order chi connectivity index (χ1) is 29.0. The van der Waals surface area contributed by atoms with Crippen LogP contribution in [-0.2, 0) is 10.8 Å². The van der Waals surface area contributed by atoms with E-state index in [2.05, 4.69) is 202 Å². The van der Waals surface area contributed by atoms with E-state index in [1.54, 1.807) is 0 Å². The minimum atomic E-state index is -0.475. The van der Waals surface area contributed by atoms with Crippen molar-refractivity contribution in [1.29, 1.82) is 0 Å². The first-order valence-corrected chi connectivity index (χ1v) is 20.4. The van der Waals surface area contributed by atoms with Gasteiger partial charge in [0.15, 0.2) is 5.82 Å². The molecule has 0 unspecified atom stereocenters. The van der Waals surface area contributed by atoms with Crippen LogP contribution < -0.4 is 4.74 Å². The molecule has 3 nitrogen and oxygen atoms in total. The predicted molar refractivity (Wildman–Crippen MR) is 239 cm³/mol. The fourth-order valence-electron chi connectivity index (χ4n) is 10.2. The van der Waals surface area contributed by atoms with Crippen LogP contribution in [0.15, 0.2) is 194 Å². The minimum absolute atomic E-state index is 0.104. The molecule has 12 rings (SSSR count). The van der Waals surface area contributed by atoms with Gasteiger partial charge in [0, 0.05) is 33.2 Å². The maximum Gasteiger partial charge on any atom is 0.160 e. The van der Waals surface area contributed by atoms with Crippen molar-refractivity contribution in [2.75, 3.05) is 0 Å². The van der Waals surface area contributed by atoms with Crippen molar-refractivity contribution >= 4 is 0 Å². The third kappa shape index (κ3) is 4.88. The summed E-state index contributed by atoms with van der Waals surface area (Å²) < 4.78 is 6.80. The summed E-state index contributed by atoms with van der Waals surface area (Å²) in [6, 6.07) is 69.7. The highest BCUT2D eigenvalue weighted by atomic mass is 16.5. The Morgan fingerprint density at radius 3 is 1.56 bits per heavy atom. The van der Waals surface area contributed by atoms with Gasteiger partial charge in [-0.15, -0.1) is 0 Å². The molecule has 0 N–H and O–H groups in total. The zero-order chi connectivity index (χ0) is 39.3. The number of hydrogen-bond acceptors (Lipinski definition) is 3. The molecule has 0 amide bonds. The highest BCUT2D eigenvalue weighted by molar-refractivity contribution is 5.89. The Balaban J connectivity index is 0.947. The van der Waals surface area contributed by atoms with E-state index in [-0.39, 0.29) is 5.41 Å². The molecule has 1 spiro atoms. The number of aromatic nitrogens is 2. The summed E-state index contributed by atoms with van der Waals surface area (Å²) >= 11 is 0. The fraction of sp³-hybridized carbons (Fsp3) is 0.0714. The van der Waals surface area contributed by atoms with Crippen LogP contribution in [0.4, 0.5) is 0 Å². The second kappa shape index (κ2) is 12.6. The Labute approximate surface area is 344 Å². The summed E-state index contributed by atoms with van der Waals surface area (Å²) in [5.41, 5.74) is 19.3. The van der Waals surface area contributed by atoms with Gasteiger partial charge in [-0.05, 0) is 79.9 Å². The van der Waals surface area contributed by atoms with E-state index in [1.807, 2.05) is 6.07 Å². The van der Waals surface area contributed by atoms with Gasteiger partial charge in [0.25, 0.3) is 0 Å². The van der Waals surface area contributed by atoms with E-state index in [4.69, 9.17) is 14.7 Å². The summed E-state index contributed by atoms with van der Waals surface area (Å²) in [6.45, 7) is 4.64. The average molecular weight is 755 g/mol. The molecule has 0 saturated carbocycles. The van der Waals surface area contributed by atoms with Gasteiger partial charge in [-0.2, -0.15) is 0 Å². The maximum atomic E-state index is 6.80. The van der Waals surface area contributed by atoms with Crippen LogP contribution in [0.5, 0.6) is 11.5 Å². The van der Waals surface area contributed by atoms with E-state index in [1.165, 1.54) is 50.1 Å². The first-order valence-electron chi connectivity index (χ1n) is 20.4. The molecule has 8 aromatic carbocycles. The monoisotopic (exact) mass is 754 g/mol. The summed E-state index contributed by atoms with van der Waals surface area (Å²) in [5.74, 6) is 2.46. The topological polar surface area (TPSA) is 35.0 Å². The van der Waals surface area contributed by atoms with Gasteiger partial charge < -0.3 is 4.74 Å². The third-order valence-electron chi connectivity index (χ3n) is 13.0. The van der Waals surface area contributed by atoms with Crippen molar-refractivity contribution < 1.29 is 4.74 Å². The van der Waals surface area contributed by atoms with Crippen molar-refractivity contribution in [2.24, 2.45) is 0 Å². The van der Waals surface area contributed by atoms with Gasteiger partial charge in [-0.25, -0.2) is 9.97 Å². The van der Waals surface area contributed by atoms with Crippen molar-refractivity contribution in [3.05, 3.63) is 228 Å². The zero-order valence-corrected chi connectivity index (χ0v) is 32.8. The second-order valence-corrected chi connectivity index (χ2v) is 16.5. The van der Waals surface area contributed by atoms with Crippen molar-refractivity contribution in [3.63, 3.8) is 0 Å². The van der Waals surface area contributed by atoms with Gasteiger partial charge in [0.2, 0.25) is 0 Å². The zero-order valence-electron chi connectivity index (χ0n) is 32.8. The van der Waals surface area contributed by atoms with Gasteiger partial charge in [-0.1, -0.05) is 184 Å². The summed E-state index contributed by atoms with van der Waals surface area (Å²) in [7, 11) is 0. The number of ether oxygens (including phenoxy) is 1. The second-order valence-electron chi connectivity index (χ2n) is 16.5. The van der Waals surface area contributed by atoms with Crippen LogP contribution >= 0.6 is 0 Å². The Bertz CT molecular complexity index is 3120. The third-order valence-corrected chi connectivity index (χ3v) is 13.0. The molecule has 2 heterocycles. The highest BCUT2D eigenvalue weighted by Crippen LogP contribution is 2.62. The molecule has 0 radical (unpaired) electrons. The standard InChI is InChI=1S/C56H38N2O/c1-55(2)44-19-9-6-16-40(44)43-30-28-39(32-49(43)55)51-34-50(36-14-4-3-5-15-36)57-54(58-51)37-26-24-35(25-27-37)38-29-31-48-53(33-38)59-52-23-13-12-22-47(52)56(48)45-20-10-7-17-41(45)42-18-8-11-21-46(42)56/h3-34H,1-2H3. The number of para-hydroxylation sites is 1. The molecule has 2 aliphatic carbocycles.